The van der Waals surface area contributed by atoms with E-state index in [9.17, 15) is 9.59 Å². The molecule has 0 saturated heterocycles. The lowest BCUT2D eigenvalue weighted by Gasteiger charge is -2.28. The van der Waals surface area contributed by atoms with Crippen LogP contribution in [-0.2, 0) is 0 Å². The third-order valence-corrected chi connectivity index (χ3v) is 3.42. The van der Waals surface area contributed by atoms with Crippen LogP contribution in [0.5, 0.6) is 0 Å². The number of carbonyl (C=O) groups is 1. The lowest BCUT2D eigenvalue weighted by Crippen LogP contribution is -2.42. The predicted octanol–water partition coefficient (Wildman–Crippen LogP) is 0.752. The van der Waals surface area contributed by atoms with Crippen molar-refractivity contribution in [2.24, 2.45) is 0 Å². The number of aliphatic hydroxyl groups is 1. The Morgan fingerprint density at radius 1 is 1.44 bits per heavy atom. The first-order valence-electron chi connectivity index (χ1n) is 6.33. The van der Waals surface area contributed by atoms with Crippen molar-refractivity contribution < 1.29 is 9.90 Å². The van der Waals surface area contributed by atoms with Gasteiger partial charge in [0.2, 0.25) is 0 Å². The molecule has 1 saturated carbocycles. The molecular weight excluding hydrogens is 232 g/mol. The molecule has 1 aromatic rings. The highest BCUT2D eigenvalue weighted by molar-refractivity contribution is 5.94. The largest absolute Gasteiger partial charge is 0.395 e. The standard InChI is InChI=1S/C13H18N2O3/c16-9-8-15(10-4-1-2-5-10)13(18)11-6-3-7-14-12(11)17/h3,6-7,10,16H,1-2,4-5,8-9H2,(H,14,17). The van der Waals surface area contributed by atoms with Crippen LogP contribution in [0.1, 0.15) is 36.0 Å². The number of H-pyrrole nitrogens is 1. The predicted molar refractivity (Wildman–Crippen MR) is 67.4 cm³/mol. The number of hydrogen-bond donors (Lipinski definition) is 2. The minimum atomic E-state index is -0.372. The quantitative estimate of drug-likeness (QED) is 0.828. The zero-order valence-electron chi connectivity index (χ0n) is 10.3. The fourth-order valence-electron chi connectivity index (χ4n) is 2.52. The average Bonchev–Trinajstić information content (AvgIpc) is 2.89. The minimum absolute atomic E-state index is 0.0764. The summed E-state index contributed by atoms with van der Waals surface area (Å²) in [5, 5.41) is 9.08. The van der Waals surface area contributed by atoms with E-state index in [0.29, 0.717) is 0 Å². The van der Waals surface area contributed by atoms with Gasteiger partial charge in [-0.25, -0.2) is 0 Å². The summed E-state index contributed by atoms with van der Waals surface area (Å²) in [4.78, 5) is 28.1. The number of amides is 1. The molecule has 0 atom stereocenters. The summed E-state index contributed by atoms with van der Waals surface area (Å²) < 4.78 is 0. The van der Waals surface area contributed by atoms with Crippen molar-refractivity contribution in [1.29, 1.82) is 0 Å². The molecule has 1 heterocycles. The highest BCUT2D eigenvalue weighted by atomic mass is 16.3. The maximum absolute atomic E-state index is 12.3. The van der Waals surface area contributed by atoms with E-state index in [2.05, 4.69) is 4.98 Å². The lowest BCUT2D eigenvalue weighted by molar-refractivity contribution is 0.0636. The molecule has 0 aromatic carbocycles. The van der Waals surface area contributed by atoms with Gasteiger partial charge in [0, 0.05) is 18.8 Å². The Kier molecular flexibility index (Phi) is 4.15. The molecule has 1 aliphatic rings. The van der Waals surface area contributed by atoms with Crippen LogP contribution in [0.2, 0.25) is 0 Å². The van der Waals surface area contributed by atoms with Gasteiger partial charge in [0.05, 0.1) is 6.61 Å². The van der Waals surface area contributed by atoms with Crippen LogP contribution in [0.15, 0.2) is 23.1 Å². The number of aliphatic hydroxyl groups excluding tert-OH is 1. The van der Waals surface area contributed by atoms with E-state index >= 15 is 0 Å². The van der Waals surface area contributed by atoms with Crippen molar-refractivity contribution in [2.75, 3.05) is 13.2 Å². The van der Waals surface area contributed by atoms with E-state index in [0.717, 1.165) is 25.7 Å². The second-order valence-electron chi connectivity index (χ2n) is 4.57. The van der Waals surface area contributed by atoms with Crippen LogP contribution >= 0.6 is 0 Å². The molecule has 5 heteroatoms. The normalized spacial score (nSPS) is 15.8. The highest BCUT2D eigenvalue weighted by Crippen LogP contribution is 2.24. The van der Waals surface area contributed by atoms with Crippen LogP contribution in [0.25, 0.3) is 0 Å². The van der Waals surface area contributed by atoms with Gasteiger partial charge >= 0.3 is 0 Å². The van der Waals surface area contributed by atoms with Gasteiger partial charge in [-0.15, -0.1) is 0 Å². The molecular formula is C13H18N2O3. The Balaban J connectivity index is 2.22. The molecule has 2 N–H and O–H groups in total. The molecule has 1 fully saturated rings. The number of rotatable bonds is 4. The monoisotopic (exact) mass is 250 g/mol. The van der Waals surface area contributed by atoms with Crippen LogP contribution < -0.4 is 5.56 Å². The van der Waals surface area contributed by atoms with Gasteiger partial charge in [-0.3, -0.25) is 9.59 Å². The van der Waals surface area contributed by atoms with Crippen molar-refractivity contribution in [3.63, 3.8) is 0 Å². The number of aromatic nitrogens is 1. The average molecular weight is 250 g/mol. The van der Waals surface area contributed by atoms with Crippen LogP contribution in [0, 0.1) is 0 Å². The van der Waals surface area contributed by atoms with Gasteiger partial charge in [0.1, 0.15) is 5.56 Å². The molecule has 0 unspecified atom stereocenters. The summed E-state index contributed by atoms with van der Waals surface area (Å²) in [5.41, 5.74) is -0.221. The van der Waals surface area contributed by atoms with E-state index < -0.39 is 0 Å². The number of carbonyl (C=O) groups excluding carboxylic acids is 1. The third-order valence-electron chi connectivity index (χ3n) is 3.42. The van der Waals surface area contributed by atoms with E-state index in [1.165, 1.54) is 12.3 Å². The number of nitrogens with zero attached hydrogens (tertiary/aromatic N) is 1. The first kappa shape index (κ1) is 12.8. The van der Waals surface area contributed by atoms with E-state index in [-0.39, 0.29) is 36.2 Å². The Morgan fingerprint density at radius 2 is 2.17 bits per heavy atom. The molecule has 5 nitrogen and oxygen atoms in total. The summed E-state index contributed by atoms with van der Waals surface area (Å²) in [5.74, 6) is -0.280. The van der Waals surface area contributed by atoms with Gasteiger partial charge in [-0.05, 0) is 25.0 Å². The summed E-state index contributed by atoms with van der Waals surface area (Å²) in [6, 6.07) is 3.32. The fourth-order valence-corrected chi connectivity index (χ4v) is 2.52. The molecule has 0 aliphatic heterocycles. The first-order valence-corrected chi connectivity index (χ1v) is 6.33. The number of hydrogen-bond acceptors (Lipinski definition) is 3. The fraction of sp³-hybridized carbons (Fsp3) is 0.538. The number of pyridine rings is 1. The van der Waals surface area contributed by atoms with Crippen molar-refractivity contribution in [3.05, 3.63) is 34.2 Å². The Labute approximate surface area is 105 Å². The summed E-state index contributed by atoms with van der Waals surface area (Å²) in [6.45, 7) is 0.213. The first-order chi connectivity index (χ1) is 8.74. The van der Waals surface area contributed by atoms with Gasteiger partial charge in [0.15, 0.2) is 0 Å². The Bertz CT molecular complexity index is 463. The minimum Gasteiger partial charge on any atom is -0.395 e. The Hall–Kier alpha value is -1.62. The number of aromatic amines is 1. The maximum atomic E-state index is 12.3. The maximum Gasteiger partial charge on any atom is 0.260 e. The van der Waals surface area contributed by atoms with Crippen molar-refractivity contribution in [3.8, 4) is 0 Å². The summed E-state index contributed by atoms with van der Waals surface area (Å²) in [6.07, 6.45) is 5.62. The van der Waals surface area contributed by atoms with Crippen LogP contribution in [0.4, 0.5) is 0 Å². The van der Waals surface area contributed by atoms with Gasteiger partial charge in [-0.2, -0.15) is 0 Å². The van der Waals surface area contributed by atoms with E-state index in [4.69, 9.17) is 5.11 Å². The molecule has 98 valence electrons. The highest BCUT2D eigenvalue weighted by Gasteiger charge is 2.27. The van der Waals surface area contributed by atoms with E-state index in [1.54, 1.807) is 11.0 Å². The zero-order chi connectivity index (χ0) is 13.0. The second-order valence-corrected chi connectivity index (χ2v) is 4.57. The molecule has 0 bridgehead atoms. The molecule has 1 aliphatic carbocycles. The zero-order valence-corrected chi connectivity index (χ0v) is 10.3. The van der Waals surface area contributed by atoms with Crippen LogP contribution in [-0.4, -0.2) is 40.1 Å². The lowest BCUT2D eigenvalue weighted by atomic mass is 10.1. The Morgan fingerprint density at radius 3 is 2.78 bits per heavy atom. The molecule has 0 radical (unpaired) electrons. The van der Waals surface area contributed by atoms with Gasteiger partial charge in [-0.1, -0.05) is 12.8 Å². The third kappa shape index (κ3) is 2.61. The van der Waals surface area contributed by atoms with E-state index in [1.807, 2.05) is 0 Å². The summed E-state index contributed by atoms with van der Waals surface area (Å²) >= 11 is 0. The van der Waals surface area contributed by atoms with Crippen molar-refractivity contribution in [1.82, 2.24) is 9.88 Å². The van der Waals surface area contributed by atoms with Gasteiger partial charge < -0.3 is 15.0 Å². The number of nitrogens with one attached hydrogen (secondary N) is 1. The smallest absolute Gasteiger partial charge is 0.260 e. The molecule has 1 amide bonds. The topological polar surface area (TPSA) is 73.4 Å². The van der Waals surface area contributed by atoms with Crippen LogP contribution in [0.3, 0.4) is 0 Å². The molecule has 1 aromatic heterocycles. The van der Waals surface area contributed by atoms with Gasteiger partial charge in [0.25, 0.3) is 11.5 Å². The molecule has 0 spiro atoms. The molecule has 18 heavy (non-hydrogen) atoms. The SMILES string of the molecule is O=C(c1ccc[nH]c1=O)N(CCO)C1CCCC1. The second kappa shape index (κ2) is 5.82. The van der Waals surface area contributed by atoms with Crippen molar-refractivity contribution in [2.45, 2.75) is 31.7 Å². The summed E-state index contributed by atoms with van der Waals surface area (Å²) in [7, 11) is 0. The molecule has 2 rings (SSSR count). The van der Waals surface area contributed by atoms with Crippen molar-refractivity contribution >= 4 is 5.91 Å².